The zero-order valence-corrected chi connectivity index (χ0v) is 16.7. The monoisotopic (exact) mass is 407 g/mol. The Morgan fingerprint density at radius 3 is 2.21 bits per heavy atom. The van der Waals surface area contributed by atoms with Crippen LogP contribution in [0.25, 0.3) is 0 Å². The molecule has 3 N–H and O–H groups in total. The number of carbonyl (C=O) groups excluding carboxylic acids is 3. The molecular formula is C22H21N3O3S. The van der Waals surface area contributed by atoms with Gasteiger partial charge in [0.2, 0.25) is 0 Å². The van der Waals surface area contributed by atoms with Crippen LogP contribution in [-0.4, -0.2) is 23.8 Å². The van der Waals surface area contributed by atoms with Gasteiger partial charge in [-0.25, -0.2) is 4.79 Å². The van der Waals surface area contributed by atoms with Gasteiger partial charge in [-0.2, -0.15) is 0 Å². The van der Waals surface area contributed by atoms with Gasteiger partial charge in [0.1, 0.15) is 0 Å². The number of para-hydroxylation sites is 1. The Balaban J connectivity index is 1.51. The largest absolute Gasteiger partial charge is 0.348 e. The van der Waals surface area contributed by atoms with Crippen molar-refractivity contribution in [2.45, 2.75) is 19.4 Å². The molecule has 0 saturated heterocycles. The van der Waals surface area contributed by atoms with Crippen molar-refractivity contribution in [3.05, 3.63) is 83.2 Å². The van der Waals surface area contributed by atoms with Gasteiger partial charge in [0.15, 0.2) is 5.78 Å². The summed E-state index contributed by atoms with van der Waals surface area (Å²) in [5, 5.41) is 8.80. The molecule has 0 aliphatic heterocycles. The van der Waals surface area contributed by atoms with E-state index in [9.17, 15) is 14.4 Å². The lowest BCUT2D eigenvalue weighted by Gasteiger charge is -2.12. The van der Waals surface area contributed by atoms with Gasteiger partial charge >= 0.3 is 6.03 Å². The maximum absolute atomic E-state index is 12.4. The molecule has 0 spiro atoms. The first-order valence-electron chi connectivity index (χ1n) is 9.13. The summed E-state index contributed by atoms with van der Waals surface area (Å²) in [6.45, 7) is 1.79. The first-order valence-corrected chi connectivity index (χ1v) is 9.95. The highest BCUT2D eigenvalue weighted by molar-refractivity contribution is 7.18. The molecule has 0 fully saturated rings. The average Bonchev–Trinajstić information content (AvgIpc) is 3.17. The van der Waals surface area contributed by atoms with Crippen LogP contribution in [0.3, 0.4) is 0 Å². The Morgan fingerprint density at radius 1 is 0.862 bits per heavy atom. The van der Waals surface area contributed by atoms with Crippen LogP contribution >= 0.6 is 11.3 Å². The third kappa shape index (κ3) is 6.02. The van der Waals surface area contributed by atoms with E-state index >= 15 is 0 Å². The fraction of sp³-hybridized carbons (Fsp3) is 0.136. The lowest BCUT2D eigenvalue weighted by atomic mass is 10.0. The summed E-state index contributed by atoms with van der Waals surface area (Å²) >= 11 is 1.17. The molecule has 1 atom stereocenters. The first kappa shape index (κ1) is 20.3. The molecular weight excluding hydrogens is 386 g/mol. The van der Waals surface area contributed by atoms with Crippen molar-refractivity contribution in [2.24, 2.45) is 0 Å². The summed E-state index contributed by atoms with van der Waals surface area (Å²) in [6.07, 6.45) is 0.214. The highest BCUT2D eigenvalue weighted by atomic mass is 32.1. The predicted octanol–water partition coefficient (Wildman–Crippen LogP) is 4.78. The standard InChI is InChI=1S/C22H21N3O3S/c1-15(14-18(26)16-8-4-2-5-9-16)23-21(27)19-12-13-20(29-19)25-22(28)24-17-10-6-3-7-11-17/h2-13,15H,14H2,1H3,(H,23,27)(H2,24,25,28). The number of amides is 3. The second-order valence-electron chi connectivity index (χ2n) is 6.48. The van der Waals surface area contributed by atoms with Crippen LogP contribution in [0.5, 0.6) is 0 Å². The van der Waals surface area contributed by atoms with E-state index in [4.69, 9.17) is 0 Å². The zero-order chi connectivity index (χ0) is 20.6. The van der Waals surface area contributed by atoms with Crippen LogP contribution in [0.4, 0.5) is 15.5 Å². The van der Waals surface area contributed by atoms with E-state index in [1.165, 1.54) is 11.3 Å². The van der Waals surface area contributed by atoms with E-state index in [0.29, 0.717) is 21.1 Å². The maximum atomic E-state index is 12.4. The van der Waals surface area contributed by atoms with Gasteiger partial charge in [-0.1, -0.05) is 48.5 Å². The third-order valence-corrected chi connectivity index (χ3v) is 5.06. The smallest absolute Gasteiger partial charge is 0.324 e. The molecule has 0 saturated carbocycles. The number of thiophene rings is 1. The van der Waals surface area contributed by atoms with Gasteiger partial charge in [0.25, 0.3) is 5.91 Å². The average molecular weight is 407 g/mol. The van der Waals surface area contributed by atoms with E-state index in [1.807, 2.05) is 36.4 Å². The normalized spacial score (nSPS) is 11.3. The lowest BCUT2D eigenvalue weighted by Crippen LogP contribution is -2.33. The Labute approximate surface area is 173 Å². The minimum atomic E-state index is -0.383. The van der Waals surface area contributed by atoms with Crippen molar-refractivity contribution in [1.29, 1.82) is 0 Å². The Morgan fingerprint density at radius 2 is 1.52 bits per heavy atom. The Bertz CT molecular complexity index is 987. The Kier molecular flexibility index (Phi) is 6.76. The molecule has 6 nitrogen and oxygen atoms in total. The summed E-state index contributed by atoms with van der Waals surface area (Å²) in [7, 11) is 0. The van der Waals surface area contributed by atoms with Crippen LogP contribution in [0.2, 0.25) is 0 Å². The molecule has 1 heterocycles. The van der Waals surface area contributed by atoms with E-state index in [2.05, 4.69) is 16.0 Å². The zero-order valence-electron chi connectivity index (χ0n) is 15.8. The highest BCUT2D eigenvalue weighted by Crippen LogP contribution is 2.22. The number of Topliss-reactive ketones (excluding diaryl/α,β-unsaturated/α-hetero) is 1. The number of hydrogen-bond donors (Lipinski definition) is 3. The van der Waals surface area contributed by atoms with E-state index < -0.39 is 0 Å². The molecule has 3 amide bonds. The van der Waals surface area contributed by atoms with E-state index in [0.717, 1.165) is 0 Å². The fourth-order valence-corrected chi connectivity index (χ4v) is 3.49. The third-order valence-electron chi connectivity index (χ3n) is 4.06. The lowest BCUT2D eigenvalue weighted by molar-refractivity contribution is 0.0921. The van der Waals surface area contributed by atoms with Crippen LogP contribution in [0.1, 0.15) is 33.4 Å². The topological polar surface area (TPSA) is 87.3 Å². The maximum Gasteiger partial charge on any atom is 0.324 e. The molecule has 7 heteroatoms. The number of anilines is 2. The summed E-state index contributed by atoms with van der Waals surface area (Å²) < 4.78 is 0. The van der Waals surface area contributed by atoms with E-state index in [-0.39, 0.29) is 30.2 Å². The van der Waals surface area contributed by atoms with Crippen molar-refractivity contribution >= 4 is 39.7 Å². The summed E-state index contributed by atoms with van der Waals surface area (Å²) in [5.41, 5.74) is 1.30. The minimum absolute atomic E-state index is 0.0236. The molecule has 1 unspecified atom stereocenters. The molecule has 2 aromatic carbocycles. The van der Waals surface area contributed by atoms with Crippen LogP contribution < -0.4 is 16.0 Å². The second kappa shape index (κ2) is 9.66. The van der Waals surface area contributed by atoms with Crippen molar-refractivity contribution in [1.82, 2.24) is 5.32 Å². The molecule has 0 aliphatic rings. The Hall–Kier alpha value is -3.45. The number of ketones is 1. The predicted molar refractivity (Wildman–Crippen MR) is 116 cm³/mol. The van der Waals surface area contributed by atoms with Crippen molar-refractivity contribution in [3.8, 4) is 0 Å². The van der Waals surface area contributed by atoms with Gasteiger partial charge in [0, 0.05) is 23.7 Å². The van der Waals surface area contributed by atoms with Gasteiger partial charge in [-0.3, -0.25) is 14.9 Å². The number of rotatable bonds is 7. The quantitative estimate of drug-likeness (QED) is 0.493. The molecule has 0 aliphatic carbocycles. The number of urea groups is 1. The number of benzene rings is 2. The SMILES string of the molecule is CC(CC(=O)c1ccccc1)NC(=O)c1ccc(NC(=O)Nc2ccccc2)s1. The molecule has 148 valence electrons. The minimum Gasteiger partial charge on any atom is -0.348 e. The number of carbonyl (C=O) groups is 3. The highest BCUT2D eigenvalue weighted by Gasteiger charge is 2.16. The summed E-state index contributed by atoms with van der Waals surface area (Å²) in [4.78, 5) is 37.2. The first-order chi connectivity index (χ1) is 14.0. The number of nitrogens with one attached hydrogen (secondary N) is 3. The molecule has 29 heavy (non-hydrogen) atoms. The molecule has 3 aromatic rings. The van der Waals surface area contributed by atoms with Gasteiger partial charge in [-0.05, 0) is 31.2 Å². The van der Waals surface area contributed by atoms with Crippen molar-refractivity contribution < 1.29 is 14.4 Å². The molecule has 0 radical (unpaired) electrons. The van der Waals surface area contributed by atoms with Gasteiger partial charge < -0.3 is 10.6 Å². The summed E-state index contributed by atoms with van der Waals surface area (Å²) in [6, 6.07) is 20.7. The van der Waals surface area contributed by atoms with E-state index in [1.54, 1.807) is 43.3 Å². The van der Waals surface area contributed by atoms with Gasteiger partial charge in [0.05, 0.1) is 9.88 Å². The second-order valence-corrected chi connectivity index (χ2v) is 7.56. The number of hydrogen-bond acceptors (Lipinski definition) is 4. The van der Waals surface area contributed by atoms with Crippen LogP contribution in [0, 0.1) is 0 Å². The van der Waals surface area contributed by atoms with Crippen molar-refractivity contribution in [2.75, 3.05) is 10.6 Å². The fourth-order valence-electron chi connectivity index (χ4n) is 2.69. The van der Waals surface area contributed by atoms with Crippen LogP contribution in [-0.2, 0) is 0 Å². The molecule has 1 aromatic heterocycles. The summed E-state index contributed by atoms with van der Waals surface area (Å²) in [5.74, 6) is -0.301. The van der Waals surface area contributed by atoms with Crippen LogP contribution in [0.15, 0.2) is 72.8 Å². The molecule has 0 bridgehead atoms. The van der Waals surface area contributed by atoms with Crippen molar-refractivity contribution in [3.63, 3.8) is 0 Å². The molecule has 3 rings (SSSR count). The van der Waals surface area contributed by atoms with Gasteiger partial charge in [-0.15, -0.1) is 11.3 Å².